The van der Waals surface area contributed by atoms with Gasteiger partial charge in [-0.3, -0.25) is 0 Å². The quantitative estimate of drug-likeness (QED) is 0.258. The fourth-order valence-corrected chi connectivity index (χ4v) is 2.42. The van der Waals surface area contributed by atoms with E-state index in [1.165, 1.54) is 73.9 Å². The Hall–Kier alpha value is 0.880. The first-order valence-corrected chi connectivity index (χ1v) is 8.12. The Labute approximate surface area is 149 Å². The molecule has 0 bridgehead atoms. The molecule has 0 saturated heterocycles. The number of hydrogen-bond donors (Lipinski definition) is 0. The van der Waals surface area contributed by atoms with Crippen molar-refractivity contribution in [3.05, 3.63) is 0 Å². The lowest BCUT2D eigenvalue weighted by atomic mass is 10.1. The first-order valence-electron chi connectivity index (χ1n) is 8.12. The highest BCUT2D eigenvalue weighted by molar-refractivity contribution is 4.45. The molecule has 0 aliphatic rings. The summed E-state index contributed by atoms with van der Waals surface area (Å²) in [5.74, 6) is 0. The van der Waals surface area contributed by atoms with Crippen molar-refractivity contribution in [1.29, 1.82) is 0 Å². The summed E-state index contributed by atoms with van der Waals surface area (Å²) in [6, 6.07) is 0. The Bertz CT molecular complexity index is 181. The van der Waals surface area contributed by atoms with Crippen LogP contribution in [0.1, 0.15) is 53.4 Å². The summed E-state index contributed by atoms with van der Waals surface area (Å²) in [5, 5.41) is 0. The Balaban J connectivity index is -0.00000144. The van der Waals surface area contributed by atoms with Gasteiger partial charge in [0, 0.05) is 0 Å². The number of nitrogens with zero attached hydrogens (tertiary/aromatic N) is 2. The third-order valence-corrected chi connectivity index (χ3v) is 5.20. The normalized spacial score (nSPS) is 11.7. The molecule has 0 aliphatic heterocycles. The van der Waals surface area contributed by atoms with Gasteiger partial charge in [0.2, 0.25) is 0 Å². The SMILES string of the molecule is CC[N+](C)(CC)CCCCCC[N+](C)(CC)CC.[Br-].[Br-]. The molecular formula is C16H38Br2N2. The zero-order valence-electron chi connectivity index (χ0n) is 14.7. The van der Waals surface area contributed by atoms with Gasteiger partial charge < -0.3 is 42.9 Å². The molecule has 0 aliphatic carbocycles. The maximum atomic E-state index is 2.39. The van der Waals surface area contributed by atoms with E-state index in [0.717, 1.165) is 0 Å². The minimum Gasteiger partial charge on any atom is -1.00 e. The first-order chi connectivity index (χ1) is 8.45. The van der Waals surface area contributed by atoms with Crippen LogP contribution in [0.2, 0.25) is 0 Å². The van der Waals surface area contributed by atoms with Crippen LogP contribution < -0.4 is 34.0 Å². The molecule has 0 heterocycles. The minimum atomic E-state index is 0. The molecule has 0 aromatic carbocycles. The second-order valence-corrected chi connectivity index (χ2v) is 6.37. The van der Waals surface area contributed by atoms with Crippen LogP contribution in [0.15, 0.2) is 0 Å². The molecule has 20 heavy (non-hydrogen) atoms. The van der Waals surface area contributed by atoms with Crippen LogP contribution in [0.5, 0.6) is 0 Å². The highest BCUT2D eigenvalue weighted by Crippen LogP contribution is 2.10. The smallest absolute Gasteiger partial charge is 0.0784 e. The summed E-state index contributed by atoms with van der Waals surface area (Å²) in [7, 11) is 4.78. The average molecular weight is 418 g/mol. The van der Waals surface area contributed by atoms with E-state index in [1.54, 1.807) is 0 Å². The lowest BCUT2D eigenvalue weighted by Gasteiger charge is -2.33. The number of hydrogen-bond acceptors (Lipinski definition) is 0. The summed E-state index contributed by atoms with van der Waals surface area (Å²) >= 11 is 0. The van der Waals surface area contributed by atoms with Crippen LogP contribution in [0.4, 0.5) is 0 Å². The van der Waals surface area contributed by atoms with Gasteiger partial charge in [0.1, 0.15) is 0 Å². The van der Waals surface area contributed by atoms with E-state index in [1.807, 2.05) is 0 Å². The van der Waals surface area contributed by atoms with E-state index < -0.39 is 0 Å². The van der Waals surface area contributed by atoms with Gasteiger partial charge in [0.05, 0.1) is 53.4 Å². The molecule has 0 unspecified atom stereocenters. The predicted octanol–water partition coefficient (Wildman–Crippen LogP) is -2.47. The Morgan fingerprint density at radius 2 is 0.750 bits per heavy atom. The Morgan fingerprint density at radius 3 is 0.950 bits per heavy atom. The van der Waals surface area contributed by atoms with Gasteiger partial charge in [-0.1, -0.05) is 0 Å². The summed E-state index contributed by atoms with van der Waals surface area (Å²) in [6.45, 7) is 17.1. The molecule has 126 valence electrons. The van der Waals surface area contributed by atoms with E-state index >= 15 is 0 Å². The molecule has 2 nitrogen and oxygen atoms in total. The highest BCUT2D eigenvalue weighted by Gasteiger charge is 2.16. The second-order valence-electron chi connectivity index (χ2n) is 6.37. The Kier molecular flexibility index (Phi) is 17.5. The van der Waals surface area contributed by atoms with Crippen molar-refractivity contribution < 1.29 is 42.9 Å². The van der Waals surface area contributed by atoms with E-state index in [4.69, 9.17) is 0 Å². The Morgan fingerprint density at radius 1 is 0.500 bits per heavy atom. The molecule has 0 fully saturated rings. The monoisotopic (exact) mass is 416 g/mol. The highest BCUT2D eigenvalue weighted by atomic mass is 79.9. The van der Waals surface area contributed by atoms with Crippen molar-refractivity contribution in [2.45, 2.75) is 53.4 Å². The molecule has 0 radical (unpaired) electrons. The van der Waals surface area contributed by atoms with Crippen molar-refractivity contribution in [1.82, 2.24) is 0 Å². The van der Waals surface area contributed by atoms with Crippen LogP contribution >= 0.6 is 0 Å². The minimum absolute atomic E-state index is 0. The molecule has 0 aromatic heterocycles. The standard InChI is InChI=1S/C16H38N2.2BrH/c1-7-17(5,8-2)15-13-11-12-14-16-18(6,9-3)10-4;;/h7-16H2,1-6H3;2*1H/q+2;;/p-2. The topological polar surface area (TPSA) is 0 Å². The van der Waals surface area contributed by atoms with Crippen molar-refractivity contribution in [2.75, 3.05) is 53.4 Å². The van der Waals surface area contributed by atoms with Crippen LogP contribution in [0, 0.1) is 0 Å². The largest absolute Gasteiger partial charge is 1.00 e. The third kappa shape index (κ3) is 10.6. The maximum Gasteiger partial charge on any atom is 0.0784 e. The van der Waals surface area contributed by atoms with Gasteiger partial charge in [-0.05, 0) is 53.4 Å². The van der Waals surface area contributed by atoms with Crippen molar-refractivity contribution in [2.24, 2.45) is 0 Å². The zero-order chi connectivity index (χ0) is 14.1. The van der Waals surface area contributed by atoms with Crippen molar-refractivity contribution in [3.8, 4) is 0 Å². The summed E-state index contributed by atoms with van der Waals surface area (Å²) in [6.07, 6.45) is 5.64. The van der Waals surface area contributed by atoms with Gasteiger partial charge in [-0.25, -0.2) is 0 Å². The lowest BCUT2D eigenvalue weighted by molar-refractivity contribution is -0.907. The van der Waals surface area contributed by atoms with Gasteiger partial charge in [-0.2, -0.15) is 0 Å². The number of unbranched alkanes of at least 4 members (excludes halogenated alkanes) is 3. The van der Waals surface area contributed by atoms with Gasteiger partial charge >= 0.3 is 0 Å². The first kappa shape index (κ1) is 25.8. The van der Waals surface area contributed by atoms with Gasteiger partial charge in [0.15, 0.2) is 0 Å². The average Bonchev–Trinajstić information content (AvgIpc) is 2.42. The van der Waals surface area contributed by atoms with Crippen molar-refractivity contribution in [3.63, 3.8) is 0 Å². The molecular weight excluding hydrogens is 380 g/mol. The maximum absolute atomic E-state index is 2.39. The fraction of sp³-hybridized carbons (Fsp3) is 1.00. The number of rotatable bonds is 11. The molecule has 0 rings (SSSR count). The number of quaternary nitrogens is 2. The van der Waals surface area contributed by atoms with Gasteiger partial charge in [0.25, 0.3) is 0 Å². The molecule has 0 N–H and O–H groups in total. The van der Waals surface area contributed by atoms with Crippen LogP contribution in [0.25, 0.3) is 0 Å². The van der Waals surface area contributed by atoms with E-state index in [9.17, 15) is 0 Å². The van der Waals surface area contributed by atoms with E-state index in [0.29, 0.717) is 0 Å². The van der Waals surface area contributed by atoms with Gasteiger partial charge in [-0.15, -0.1) is 0 Å². The fourth-order valence-electron chi connectivity index (χ4n) is 2.42. The summed E-state index contributed by atoms with van der Waals surface area (Å²) < 4.78 is 2.50. The van der Waals surface area contributed by atoms with Crippen LogP contribution in [-0.2, 0) is 0 Å². The molecule has 0 spiro atoms. The molecule has 4 heteroatoms. The summed E-state index contributed by atoms with van der Waals surface area (Å²) in [4.78, 5) is 0. The molecule has 0 aromatic rings. The van der Waals surface area contributed by atoms with Crippen LogP contribution in [0.3, 0.4) is 0 Å². The van der Waals surface area contributed by atoms with E-state index in [-0.39, 0.29) is 34.0 Å². The zero-order valence-corrected chi connectivity index (χ0v) is 17.9. The second kappa shape index (κ2) is 13.5. The molecule has 0 amide bonds. The van der Waals surface area contributed by atoms with Crippen LogP contribution in [-0.4, -0.2) is 62.3 Å². The number of halogens is 2. The lowest BCUT2D eigenvalue weighted by Crippen LogP contribution is -3.00. The summed E-state index contributed by atoms with van der Waals surface area (Å²) in [5.41, 5.74) is 0. The van der Waals surface area contributed by atoms with Crippen molar-refractivity contribution >= 4 is 0 Å². The molecule has 0 atom stereocenters. The molecule has 0 saturated carbocycles. The predicted molar refractivity (Wildman–Crippen MR) is 82.7 cm³/mol. The third-order valence-electron chi connectivity index (χ3n) is 5.20. The van der Waals surface area contributed by atoms with E-state index in [2.05, 4.69) is 41.8 Å².